The van der Waals surface area contributed by atoms with Crippen LogP contribution in [0.1, 0.15) is 70.2 Å². The predicted octanol–water partition coefficient (Wildman–Crippen LogP) is 3.28. The molecule has 13 nitrogen and oxygen atoms in total. The van der Waals surface area contributed by atoms with Crippen molar-refractivity contribution >= 4 is 46.7 Å². The number of hydrogen-bond acceptors (Lipinski definition) is 9. The average molecular weight is 649 g/mol. The van der Waals surface area contributed by atoms with E-state index in [1.54, 1.807) is 28.4 Å². The summed E-state index contributed by atoms with van der Waals surface area (Å²) in [5.41, 5.74) is -1.13. The standard InChI is InChI=1S/C29H40N2O11Si2/c1-39-43(5,40-2)15-7-13-30-26(33)21-11-9-20(18-24(21)29(37)38)25(32)19-10-12-22(28(35)36)23(17-19)27(34)31-14-8-16-44(6,41-3)42-4/h9-12,17-18H,7-8,13-16H2,1-6H3,(H,30,33)(H,31,34)(H,35,36)(H,37,38). The van der Waals surface area contributed by atoms with Gasteiger partial charge in [0.25, 0.3) is 11.8 Å². The molecule has 0 fully saturated rings. The Bertz CT molecular complexity index is 1380. The maximum atomic E-state index is 13.3. The molecule has 0 aliphatic heterocycles. The van der Waals surface area contributed by atoms with Crippen molar-refractivity contribution in [1.82, 2.24) is 10.6 Å². The molecule has 2 aromatic carbocycles. The fraction of sp³-hybridized carbons (Fsp3) is 0.414. The maximum absolute atomic E-state index is 13.3. The zero-order valence-electron chi connectivity index (χ0n) is 25.8. The number of hydrogen-bond donors (Lipinski definition) is 4. The number of benzene rings is 2. The second-order valence-corrected chi connectivity index (χ2v) is 17.4. The third-order valence-corrected chi connectivity index (χ3v) is 13.4. The highest BCUT2D eigenvalue weighted by molar-refractivity contribution is 6.66. The number of rotatable bonds is 18. The molecule has 2 rings (SSSR count). The summed E-state index contributed by atoms with van der Waals surface area (Å²) < 4.78 is 21.7. The summed E-state index contributed by atoms with van der Waals surface area (Å²) in [5.74, 6) is -4.73. The third kappa shape index (κ3) is 9.63. The molecule has 0 aromatic heterocycles. The van der Waals surface area contributed by atoms with E-state index >= 15 is 0 Å². The number of carbonyl (C=O) groups excluding carboxylic acids is 3. The average Bonchev–Trinajstić information content (AvgIpc) is 3.03. The van der Waals surface area contributed by atoms with E-state index in [9.17, 15) is 34.2 Å². The Kier molecular flexibility index (Phi) is 13.6. The van der Waals surface area contributed by atoms with Crippen molar-refractivity contribution in [2.24, 2.45) is 0 Å². The molecular formula is C29H40N2O11Si2. The van der Waals surface area contributed by atoms with Gasteiger partial charge in [-0.2, -0.15) is 0 Å². The minimum atomic E-state index is -2.35. The highest BCUT2D eigenvalue weighted by Gasteiger charge is 2.29. The number of nitrogens with one attached hydrogen (secondary N) is 2. The van der Waals surface area contributed by atoms with E-state index in [0.717, 1.165) is 18.2 Å². The number of carboxylic acid groups (broad SMARTS) is 2. The molecule has 0 bridgehead atoms. The van der Waals surface area contributed by atoms with Gasteiger partial charge >= 0.3 is 29.1 Å². The Morgan fingerprint density at radius 2 is 1.00 bits per heavy atom. The maximum Gasteiger partial charge on any atom is 0.336 e. The normalized spacial score (nSPS) is 11.6. The van der Waals surface area contributed by atoms with Gasteiger partial charge in [0.1, 0.15) is 0 Å². The molecule has 15 heteroatoms. The molecule has 0 saturated carbocycles. The van der Waals surface area contributed by atoms with Crippen LogP contribution in [0.25, 0.3) is 0 Å². The first-order chi connectivity index (χ1) is 20.7. The molecule has 0 unspecified atom stereocenters. The Labute approximate surface area is 258 Å². The predicted molar refractivity (Wildman–Crippen MR) is 165 cm³/mol. The van der Waals surface area contributed by atoms with Gasteiger partial charge in [0.05, 0.1) is 22.3 Å². The summed E-state index contributed by atoms with van der Waals surface area (Å²) in [6.07, 6.45) is 1.08. The summed E-state index contributed by atoms with van der Waals surface area (Å²) in [7, 11) is 1.58. The lowest BCUT2D eigenvalue weighted by Gasteiger charge is -2.22. The van der Waals surface area contributed by atoms with E-state index < -0.39 is 46.7 Å². The third-order valence-electron chi connectivity index (χ3n) is 7.43. The van der Waals surface area contributed by atoms with Gasteiger partial charge in [0.15, 0.2) is 5.78 Å². The highest BCUT2D eigenvalue weighted by Crippen LogP contribution is 2.20. The molecular weight excluding hydrogens is 608 g/mol. The van der Waals surface area contributed by atoms with Crippen LogP contribution in [-0.4, -0.2) is 98.4 Å². The van der Waals surface area contributed by atoms with Crippen LogP contribution in [0, 0.1) is 0 Å². The Hall–Kier alpha value is -3.74. The van der Waals surface area contributed by atoms with Gasteiger partial charge in [-0.3, -0.25) is 14.4 Å². The lowest BCUT2D eigenvalue weighted by atomic mass is 9.95. The summed E-state index contributed by atoms with van der Waals surface area (Å²) in [6.45, 7) is 4.25. The SMILES string of the molecule is CO[Si](C)(CCCNC(=O)c1ccc(C(=O)c2ccc(C(=O)O)c(C(=O)NCCC[Si](C)(OC)OC)c2)cc1C(=O)O)OC. The van der Waals surface area contributed by atoms with Crippen LogP contribution in [0.2, 0.25) is 25.2 Å². The van der Waals surface area contributed by atoms with Crippen LogP contribution in [0.3, 0.4) is 0 Å². The first kappa shape index (κ1) is 36.5. The second kappa shape index (κ2) is 16.4. The molecule has 0 radical (unpaired) electrons. The summed E-state index contributed by atoms with van der Waals surface area (Å²) in [6, 6.07) is 8.38. The van der Waals surface area contributed by atoms with E-state index in [1.165, 1.54) is 18.2 Å². The monoisotopic (exact) mass is 648 g/mol. The van der Waals surface area contributed by atoms with Crippen LogP contribution in [0.4, 0.5) is 0 Å². The Balaban J connectivity index is 2.24. The van der Waals surface area contributed by atoms with Crippen LogP contribution in [0.15, 0.2) is 36.4 Å². The lowest BCUT2D eigenvalue weighted by molar-refractivity contribution is 0.0682. The Morgan fingerprint density at radius 3 is 1.41 bits per heavy atom. The molecule has 4 N–H and O–H groups in total. The van der Waals surface area contributed by atoms with Crippen molar-refractivity contribution in [1.29, 1.82) is 0 Å². The number of carboxylic acids is 2. The largest absolute Gasteiger partial charge is 0.478 e. The van der Waals surface area contributed by atoms with Gasteiger partial charge in [-0.25, -0.2) is 9.59 Å². The fourth-order valence-corrected chi connectivity index (χ4v) is 7.06. The number of carbonyl (C=O) groups is 5. The summed E-state index contributed by atoms with van der Waals surface area (Å²) >= 11 is 0. The molecule has 44 heavy (non-hydrogen) atoms. The van der Waals surface area contributed by atoms with Gasteiger partial charge in [-0.05, 0) is 62.3 Å². The molecule has 0 atom stereocenters. The molecule has 240 valence electrons. The van der Waals surface area contributed by atoms with Crippen LogP contribution < -0.4 is 10.6 Å². The molecule has 0 aliphatic carbocycles. The minimum Gasteiger partial charge on any atom is -0.478 e. The Morgan fingerprint density at radius 1 is 0.614 bits per heavy atom. The number of aromatic carboxylic acids is 2. The van der Waals surface area contributed by atoms with E-state index in [0.29, 0.717) is 24.9 Å². The molecule has 0 saturated heterocycles. The van der Waals surface area contributed by atoms with Gasteiger partial charge in [0, 0.05) is 52.7 Å². The van der Waals surface area contributed by atoms with E-state index in [1.807, 2.05) is 13.1 Å². The molecule has 2 amide bonds. The van der Waals surface area contributed by atoms with Gasteiger partial charge in [0.2, 0.25) is 0 Å². The number of amides is 2. The highest BCUT2D eigenvalue weighted by atomic mass is 28.4. The van der Waals surface area contributed by atoms with Crippen molar-refractivity contribution in [2.75, 3.05) is 41.5 Å². The van der Waals surface area contributed by atoms with E-state index in [-0.39, 0.29) is 46.5 Å². The van der Waals surface area contributed by atoms with Gasteiger partial charge < -0.3 is 38.6 Å². The van der Waals surface area contributed by atoms with Crippen molar-refractivity contribution in [3.63, 3.8) is 0 Å². The quantitative estimate of drug-likeness (QED) is 0.106. The zero-order chi connectivity index (χ0) is 33.1. The molecule has 0 aliphatic rings. The van der Waals surface area contributed by atoms with Crippen molar-refractivity contribution < 1.29 is 51.9 Å². The van der Waals surface area contributed by atoms with E-state index in [2.05, 4.69) is 10.6 Å². The van der Waals surface area contributed by atoms with Crippen molar-refractivity contribution in [3.05, 3.63) is 69.8 Å². The van der Waals surface area contributed by atoms with Crippen LogP contribution in [-0.2, 0) is 17.7 Å². The molecule has 0 heterocycles. The minimum absolute atomic E-state index is 0.0315. The molecule has 2 aromatic rings. The van der Waals surface area contributed by atoms with Crippen LogP contribution >= 0.6 is 0 Å². The summed E-state index contributed by atoms with van der Waals surface area (Å²) in [5, 5.41) is 24.7. The fourth-order valence-electron chi connectivity index (χ4n) is 4.28. The molecule has 0 spiro atoms. The van der Waals surface area contributed by atoms with E-state index in [4.69, 9.17) is 17.7 Å². The first-order valence-corrected chi connectivity index (χ1v) is 18.9. The van der Waals surface area contributed by atoms with Crippen molar-refractivity contribution in [3.8, 4) is 0 Å². The summed E-state index contributed by atoms with van der Waals surface area (Å²) in [4.78, 5) is 62.9. The van der Waals surface area contributed by atoms with Crippen molar-refractivity contribution in [2.45, 2.75) is 38.0 Å². The smallest absolute Gasteiger partial charge is 0.336 e. The van der Waals surface area contributed by atoms with Crippen LogP contribution in [0.5, 0.6) is 0 Å². The first-order valence-electron chi connectivity index (χ1n) is 13.8. The topological polar surface area (TPSA) is 187 Å². The van der Waals surface area contributed by atoms with Gasteiger partial charge in [-0.1, -0.05) is 12.1 Å². The number of ketones is 1. The zero-order valence-corrected chi connectivity index (χ0v) is 27.8. The van der Waals surface area contributed by atoms with Gasteiger partial charge in [-0.15, -0.1) is 0 Å². The lowest BCUT2D eigenvalue weighted by Crippen LogP contribution is -2.37. The second-order valence-electron chi connectivity index (χ2n) is 10.3.